The molecule has 0 N–H and O–H groups in total. The Balaban J connectivity index is 1.69. The van der Waals surface area contributed by atoms with Crippen LogP contribution in [0.5, 0.6) is 11.5 Å². The van der Waals surface area contributed by atoms with Crippen molar-refractivity contribution >= 4 is 46.8 Å². The summed E-state index contributed by atoms with van der Waals surface area (Å²) in [4.78, 5) is 14.0. The second-order valence-electron chi connectivity index (χ2n) is 6.16. The number of fused-ring (bicyclic) bond motifs is 1. The molecule has 0 unspecified atom stereocenters. The molecule has 1 aliphatic heterocycles. The molecule has 0 saturated heterocycles. The predicted octanol–water partition coefficient (Wildman–Crippen LogP) is 5.48. The smallest absolute Gasteiger partial charge is 0.246 e. The maximum Gasteiger partial charge on any atom is 0.246 e. The quantitative estimate of drug-likeness (QED) is 0.608. The van der Waals surface area contributed by atoms with Crippen LogP contribution in [0.2, 0.25) is 15.1 Å². The van der Waals surface area contributed by atoms with Crippen LogP contribution in [-0.4, -0.2) is 31.1 Å². The van der Waals surface area contributed by atoms with Crippen LogP contribution in [0.4, 0.5) is 0 Å². The molecule has 1 heterocycles. The maximum absolute atomic E-state index is 12.4. The van der Waals surface area contributed by atoms with Crippen molar-refractivity contribution in [3.8, 4) is 11.5 Å². The lowest BCUT2D eigenvalue weighted by molar-refractivity contribution is -0.125. The third-order valence-corrected chi connectivity index (χ3v) is 5.04. The minimum atomic E-state index is -0.149. The van der Waals surface area contributed by atoms with Crippen LogP contribution in [0.3, 0.4) is 0 Å². The third-order valence-electron chi connectivity index (χ3n) is 4.02. The van der Waals surface area contributed by atoms with Gasteiger partial charge < -0.3 is 14.4 Å². The van der Waals surface area contributed by atoms with Crippen LogP contribution in [0.15, 0.2) is 36.4 Å². The van der Waals surface area contributed by atoms with Crippen LogP contribution in [-0.2, 0) is 11.3 Å². The summed E-state index contributed by atoms with van der Waals surface area (Å²) in [7, 11) is 1.72. The van der Waals surface area contributed by atoms with Crippen molar-refractivity contribution < 1.29 is 14.3 Å². The molecule has 7 heteroatoms. The highest BCUT2D eigenvalue weighted by molar-refractivity contribution is 6.42. The van der Waals surface area contributed by atoms with Crippen LogP contribution in [0.25, 0.3) is 6.08 Å². The average molecular weight is 427 g/mol. The molecule has 0 aromatic heterocycles. The molecule has 0 saturated carbocycles. The van der Waals surface area contributed by atoms with Crippen molar-refractivity contribution in [2.45, 2.75) is 13.0 Å². The number of hydrogen-bond acceptors (Lipinski definition) is 3. The molecule has 27 heavy (non-hydrogen) atoms. The Kier molecular flexibility index (Phi) is 6.53. The Labute approximate surface area is 173 Å². The Morgan fingerprint density at radius 1 is 1.07 bits per heavy atom. The Bertz CT molecular complexity index is 883. The molecular formula is C20H18Cl3NO3. The zero-order valence-electron chi connectivity index (χ0n) is 14.7. The Morgan fingerprint density at radius 3 is 2.63 bits per heavy atom. The Hall–Kier alpha value is -1.88. The summed E-state index contributed by atoms with van der Waals surface area (Å²) < 4.78 is 11.3. The number of rotatable bonds is 4. The van der Waals surface area contributed by atoms with E-state index in [2.05, 4.69) is 0 Å². The minimum Gasteiger partial charge on any atom is -0.489 e. The van der Waals surface area contributed by atoms with Crippen LogP contribution in [0.1, 0.15) is 17.5 Å². The lowest BCUT2D eigenvalue weighted by Gasteiger charge is -2.15. The summed E-state index contributed by atoms with van der Waals surface area (Å²) in [5.41, 5.74) is 1.66. The second kappa shape index (κ2) is 8.87. The number of likely N-dealkylation sites (N-methyl/N-ethyl adjacent to an activating group) is 1. The van der Waals surface area contributed by atoms with Gasteiger partial charge in [0.2, 0.25) is 5.91 Å². The monoisotopic (exact) mass is 425 g/mol. The number of hydrogen-bond donors (Lipinski definition) is 0. The summed E-state index contributed by atoms with van der Waals surface area (Å²) in [6, 6.07) is 8.87. The first kappa shape index (κ1) is 19.9. The molecule has 0 bridgehead atoms. The van der Waals surface area contributed by atoms with Gasteiger partial charge in [0.05, 0.1) is 28.3 Å². The van der Waals surface area contributed by atoms with Gasteiger partial charge >= 0.3 is 0 Å². The van der Waals surface area contributed by atoms with E-state index < -0.39 is 0 Å². The molecule has 4 nitrogen and oxygen atoms in total. The van der Waals surface area contributed by atoms with Gasteiger partial charge in [-0.2, -0.15) is 0 Å². The maximum atomic E-state index is 12.4. The van der Waals surface area contributed by atoms with Gasteiger partial charge in [0.25, 0.3) is 0 Å². The molecule has 0 spiro atoms. The Morgan fingerprint density at radius 2 is 1.85 bits per heavy atom. The van der Waals surface area contributed by atoms with Gasteiger partial charge in [0.1, 0.15) is 0 Å². The van der Waals surface area contributed by atoms with Gasteiger partial charge in [-0.3, -0.25) is 4.79 Å². The summed E-state index contributed by atoms with van der Waals surface area (Å²) in [6.45, 7) is 1.56. The van der Waals surface area contributed by atoms with E-state index >= 15 is 0 Å². The number of nitrogens with zero attached hydrogens (tertiary/aromatic N) is 1. The summed E-state index contributed by atoms with van der Waals surface area (Å²) in [6.07, 6.45) is 4.00. The van der Waals surface area contributed by atoms with Crippen molar-refractivity contribution in [3.05, 3.63) is 62.6 Å². The molecule has 1 amide bonds. The van der Waals surface area contributed by atoms with E-state index in [9.17, 15) is 4.79 Å². The molecule has 0 atom stereocenters. The summed E-state index contributed by atoms with van der Waals surface area (Å²) >= 11 is 18.2. The van der Waals surface area contributed by atoms with Crippen molar-refractivity contribution in [2.75, 3.05) is 20.3 Å². The standard InChI is InChI=1S/C20H18Cl3NO3/c1-24(12-14-3-5-15(21)16(22)10-14)19(25)6-4-13-9-17(23)20-18(11-13)26-7-2-8-27-20/h3-6,9-11H,2,7-8,12H2,1H3. The fourth-order valence-electron chi connectivity index (χ4n) is 2.63. The van der Waals surface area contributed by atoms with Gasteiger partial charge in [-0.25, -0.2) is 0 Å². The highest BCUT2D eigenvalue weighted by Crippen LogP contribution is 2.38. The van der Waals surface area contributed by atoms with E-state index in [0.29, 0.717) is 46.3 Å². The minimum absolute atomic E-state index is 0.149. The third kappa shape index (κ3) is 5.10. The molecule has 0 aliphatic carbocycles. The zero-order chi connectivity index (χ0) is 19.4. The normalized spacial score (nSPS) is 13.5. The first-order chi connectivity index (χ1) is 12.9. The first-order valence-corrected chi connectivity index (χ1v) is 9.53. The fourth-order valence-corrected chi connectivity index (χ4v) is 3.23. The molecule has 2 aromatic rings. The van der Waals surface area contributed by atoms with Gasteiger partial charge in [-0.15, -0.1) is 0 Å². The number of carbonyl (C=O) groups excluding carboxylic acids is 1. The lowest BCUT2D eigenvalue weighted by atomic mass is 10.1. The van der Waals surface area contributed by atoms with Crippen LogP contribution < -0.4 is 9.47 Å². The fraction of sp³-hybridized carbons (Fsp3) is 0.250. The number of halogens is 3. The highest BCUT2D eigenvalue weighted by atomic mass is 35.5. The SMILES string of the molecule is CN(Cc1ccc(Cl)c(Cl)c1)C(=O)C=Cc1cc(Cl)c2c(c1)OCCCO2. The largest absolute Gasteiger partial charge is 0.489 e. The topological polar surface area (TPSA) is 38.8 Å². The molecular weight excluding hydrogens is 409 g/mol. The lowest BCUT2D eigenvalue weighted by Crippen LogP contribution is -2.24. The molecule has 0 radical (unpaired) electrons. The van der Waals surface area contributed by atoms with Gasteiger partial charge in [0, 0.05) is 26.1 Å². The molecule has 1 aliphatic rings. The van der Waals surface area contributed by atoms with E-state index in [1.165, 1.54) is 6.08 Å². The van der Waals surface area contributed by atoms with Gasteiger partial charge in [0.15, 0.2) is 11.5 Å². The van der Waals surface area contributed by atoms with Gasteiger partial charge in [-0.05, 0) is 41.5 Å². The number of carbonyl (C=O) groups is 1. The summed E-state index contributed by atoms with van der Waals surface area (Å²) in [5, 5.41) is 1.42. The molecule has 2 aromatic carbocycles. The second-order valence-corrected chi connectivity index (χ2v) is 7.38. The van der Waals surface area contributed by atoms with E-state index in [-0.39, 0.29) is 5.91 Å². The highest BCUT2D eigenvalue weighted by Gasteiger charge is 2.15. The van der Waals surface area contributed by atoms with Crippen molar-refractivity contribution in [3.63, 3.8) is 0 Å². The van der Waals surface area contributed by atoms with Crippen LogP contribution >= 0.6 is 34.8 Å². The average Bonchev–Trinajstić information content (AvgIpc) is 2.88. The van der Waals surface area contributed by atoms with Crippen molar-refractivity contribution in [2.24, 2.45) is 0 Å². The number of ether oxygens (including phenoxy) is 2. The zero-order valence-corrected chi connectivity index (χ0v) is 16.9. The molecule has 142 valence electrons. The van der Waals surface area contributed by atoms with E-state index in [4.69, 9.17) is 44.3 Å². The van der Waals surface area contributed by atoms with E-state index in [1.54, 1.807) is 36.2 Å². The first-order valence-electron chi connectivity index (χ1n) is 8.40. The molecule has 0 fully saturated rings. The van der Waals surface area contributed by atoms with Crippen LogP contribution in [0, 0.1) is 0 Å². The number of benzene rings is 2. The molecule has 3 rings (SSSR count). The van der Waals surface area contributed by atoms with Crippen molar-refractivity contribution in [1.82, 2.24) is 4.90 Å². The summed E-state index contributed by atoms with van der Waals surface area (Å²) in [5.74, 6) is 0.995. The van der Waals surface area contributed by atoms with E-state index in [1.807, 2.05) is 12.1 Å². The predicted molar refractivity (Wildman–Crippen MR) is 109 cm³/mol. The number of amides is 1. The van der Waals surface area contributed by atoms with Crippen molar-refractivity contribution in [1.29, 1.82) is 0 Å². The van der Waals surface area contributed by atoms with Gasteiger partial charge in [-0.1, -0.05) is 40.9 Å². The van der Waals surface area contributed by atoms with E-state index in [0.717, 1.165) is 17.5 Å².